The quantitative estimate of drug-likeness (QED) is 0.804. The van der Waals surface area contributed by atoms with Crippen molar-refractivity contribution in [3.05, 3.63) is 17.5 Å². The molecule has 1 saturated carbocycles. The van der Waals surface area contributed by atoms with Crippen molar-refractivity contribution in [1.29, 1.82) is 0 Å². The predicted molar refractivity (Wildman–Crippen MR) is 64.1 cm³/mol. The van der Waals surface area contributed by atoms with Crippen molar-refractivity contribution in [1.82, 2.24) is 20.4 Å². The molecule has 1 aromatic rings. The number of aromatic amines is 1. The lowest BCUT2D eigenvalue weighted by molar-refractivity contribution is -0.126. The van der Waals surface area contributed by atoms with E-state index in [1.54, 1.807) is 11.9 Å². The Balaban J connectivity index is 1.62. The number of hydrogen-bond donors (Lipinski definition) is 2. The monoisotopic (exact) mass is 248 g/mol. The third kappa shape index (κ3) is 2.10. The number of nitrogens with one attached hydrogen (secondary N) is 2. The second kappa shape index (κ2) is 4.12. The number of carbonyl (C=O) groups excluding carboxylic acids is 2. The molecule has 0 spiro atoms. The maximum absolute atomic E-state index is 11.9. The molecule has 0 bridgehead atoms. The highest BCUT2D eigenvalue weighted by molar-refractivity contribution is 5.93. The number of amides is 2. The molecule has 18 heavy (non-hydrogen) atoms. The Morgan fingerprint density at radius 2 is 2.33 bits per heavy atom. The Morgan fingerprint density at radius 1 is 1.56 bits per heavy atom. The normalized spacial score (nSPS) is 23.5. The molecule has 0 aromatic carbocycles. The van der Waals surface area contributed by atoms with E-state index in [0.717, 1.165) is 5.69 Å². The van der Waals surface area contributed by atoms with Crippen LogP contribution in [0.25, 0.3) is 0 Å². The molecule has 2 fully saturated rings. The van der Waals surface area contributed by atoms with Crippen molar-refractivity contribution in [2.45, 2.75) is 31.2 Å². The SMILES string of the molecule is CN1CC(NC(=O)c2cc(C3CC3)[nH]n2)CC1=O. The molecule has 6 heteroatoms. The fourth-order valence-corrected chi connectivity index (χ4v) is 2.28. The molecule has 0 radical (unpaired) electrons. The van der Waals surface area contributed by atoms with Crippen LogP contribution in [-0.4, -0.2) is 46.5 Å². The maximum atomic E-state index is 11.9. The van der Waals surface area contributed by atoms with E-state index in [2.05, 4.69) is 15.5 Å². The van der Waals surface area contributed by atoms with Gasteiger partial charge in [0.05, 0.1) is 6.04 Å². The largest absolute Gasteiger partial charge is 0.346 e. The van der Waals surface area contributed by atoms with E-state index in [1.807, 2.05) is 6.07 Å². The molecule has 1 aliphatic carbocycles. The van der Waals surface area contributed by atoms with E-state index in [4.69, 9.17) is 0 Å². The Kier molecular flexibility index (Phi) is 2.57. The van der Waals surface area contributed by atoms with Crippen LogP contribution in [-0.2, 0) is 4.79 Å². The van der Waals surface area contributed by atoms with Crippen LogP contribution < -0.4 is 5.32 Å². The van der Waals surface area contributed by atoms with Crippen molar-refractivity contribution in [3.8, 4) is 0 Å². The van der Waals surface area contributed by atoms with Crippen molar-refractivity contribution in [3.63, 3.8) is 0 Å². The number of aromatic nitrogens is 2. The molecule has 1 aromatic heterocycles. The summed E-state index contributed by atoms with van der Waals surface area (Å²) in [6.07, 6.45) is 2.72. The second-order valence-electron chi connectivity index (χ2n) is 5.13. The number of likely N-dealkylation sites (tertiary alicyclic amines) is 1. The average Bonchev–Trinajstić information content (AvgIpc) is 2.97. The lowest BCUT2D eigenvalue weighted by Crippen LogP contribution is -2.36. The third-order valence-electron chi connectivity index (χ3n) is 3.52. The summed E-state index contributed by atoms with van der Waals surface area (Å²) in [5.74, 6) is 0.422. The number of nitrogens with zero attached hydrogens (tertiary/aromatic N) is 2. The molecule has 1 unspecified atom stereocenters. The smallest absolute Gasteiger partial charge is 0.272 e. The average molecular weight is 248 g/mol. The van der Waals surface area contributed by atoms with Gasteiger partial charge in [0.25, 0.3) is 5.91 Å². The molecular formula is C12H16N4O2. The molecule has 1 atom stereocenters. The minimum absolute atomic E-state index is 0.0704. The van der Waals surface area contributed by atoms with E-state index in [0.29, 0.717) is 24.6 Å². The summed E-state index contributed by atoms with van der Waals surface area (Å²) in [4.78, 5) is 24.9. The zero-order valence-corrected chi connectivity index (χ0v) is 10.3. The number of H-pyrrole nitrogens is 1. The van der Waals surface area contributed by atoms with Gasteiger partial charge in [-0.05, 0) is 18.9 Å². The van der Waals surface area contributed by atoms with Gasteiger partial charge >= 0.3 is 0 Å². The maximum Gasteiger partial charge on any atom is 0.272 e. The van der Waals surface area contributed by atoms with Gasteiger partial charge in [0, 0.05) is 31.6 Å². The van der Waals surface area contributed by atoms with E-state index < -0.39 is 0 Å². The number of likely N-dealkylation sites (N-methyl/N-ethyl adjacent to an activating group) is 1. The van der Waals surface area contributed by atoms with Gasteiger partial charge in [-0.2, -0.15) is 5.10 Å². The van der Waals surface area contributed by atoms with E-state index >= 15 is 0 Å². The summed E-state index contributed by atoms with van der Waals surface area (Å²) in [6.45, 7) is 0.574. The highest BCUT2D eigenvalue weighted by Crippen LogP contribution is 2.38. The topological polar surface area (TPSA) is 78.1 Å². The Hall–Kier alpha value is -1.85. The Bertz CT molecular complexity index is 492. The molecular weight excluding hydrogens is 232 g/mol. The summed E-state index contributed by atoms with van der Waals surface area (Å²) >= 11 is 0. The lowest BCUT2D eigenvalue weighted by Gasteiger charge is -2.10. The molecule has 96 valence electrons. The van der Waals surface area contributed by atoms with Crippen molar-refractivity contribution in [2.75, 3.05) is 13.6 Å². The lowest BCUT2D eigenvalue weighted by atomic mass is 10.2. The van der Waals surface area contributed by atoms with Gasteiger partial charge in [0.15, 0.2) is 0 Å². The van der Waals surface area contributed by atoms with Crippen LogP contribution in [0.4, 0.5) is 0 Å². The van der Waals surface area contributed by atoms with Gasteiger partial charge in [-0.3, -0.25) is 14.7 Å². The molecule has 1 aliphatic heterocycles. The summed E-state index contributed by atoms with van der Waals surface area (Å²) in [6, 6.07) is 1.71. The summed E-state index contributed by atoms with van der Waals surface area (Å²) in [5.41, 5.74) is 1.46. The first-order chi connectivity index (χ1) is 8.63. The van der Waals surface area contributed by atoms with Gasteiger partial charge < -0.3 is 10.2 Å². The third-order valence-corrected chi connectivity index (χ3v) is 3.52. The predicted octanol–water partition coefficient (Wildman–Crippen LogP) is 0.248. The molecule has 2 N–H and O–H groups in total. The van der Waals surface area contributed by atoms with Crippen molar-refractivity contribution >= 4 is 11.8 Å². The van der Waals surface area contributed by atoms with Gasteiger partial charge in [0.2, 0.25) is 5.91 Å². The standard InChI is InChI=1S/C12H16N4O2/c1-16-6-8(4-11(16)17)13-12(18)10-5-9(14-15-10)7-2-3-7/h5,7-8H,2-4,6H2,1H3,(H,13,18)(H,14,15). The van der Waals surface area contributed by atoms with Gasteiger partial charge in [-0.1, -0.05) is 0 Å². The molecule has 1 saturated heterocycles. The summed E-state index contributed by atoms with van der Waals surface area (Å²) < 4.78 is 0. The Labute approximate surface area is 105 Å². The molecule has 2 aliphatic rings. The van der Waals surface area contributed by atoms with Crippen LogP contribution in [0, 0.1) is 0 Å². The first-order valence-electron chi connectivity index (χ1n) is 6.23. The van der Waals surface area contributed by atoms with E-state index in [9.17, 15) is 9.59 Å². The zero-order chi connectivity index (χ0) is 12.7. The Morgan fingerprint density at radius 3 is 2.94 bits per heavy atom. The van der Waals surface area contributed by atoms with Gasteiger partial charge in [-0.15, -0.1) is 0 Å². The molecule has 6 nitrogen and oxygen atoms in total. The summed E-state index contributed by atoms with van der Waals surface area (Å²) in [5, 5.41) is 9.77. The number of rotatable bonds is 3. The van der Waals surface area contributed by atoms with Crippen LogP contribution in [0.3, 0.4) is 0 Å². The van der Waals surface area contributed by atoms with Gasteiger partial charge in [0.1, 0.15) is 5.69 Å². The minimum Gasteiger partial charge on any atom is -0.346 e. The fraction of sp³-hybridized carbons (Fsp3) is 0.583. The number of hydrogen-bond acceptors (Lipinski definition) is 3. The molecule has 2 heterocycles. The van der Waals surface area contributed by atoms with Gasteiger partial charge in [-0.25, -0.2) is 0 Å². The minimum atomic E-state index is -0.203. The fourth-order valence-electron chi connectivity index (χ4n) is 2.28. The van der Waals surface area contributed by atoms with E-state index in [-0.39, 0.29) is 17.9 Å². The first kappa shape index (κ1) is 11.3. The zero-order valence-electron chi connectivity index (χ0n) is 10.3. The van der Waals surface area contributed by atoms with Crippen LogP contribution in [0.2, 0.25) is 0 Å². The van der Waals surface area contributed by atoms with Crippen LogP contribution in [0.5, 0.6) is 0 Å². The second-order valence-corrected chi connectivity index (χ2v) is 5.13. The first-order valence-corrected chi connectivity index (χ1v) is 6.23. The number of carbonyl (C=O) groups is 2. The van der Waals surface area contributed by atoms with E-state index in [1.165, 1.54) is 12.8 Å². The molecule has 3 rings (SSSR count). The van der Waals surface area contributed by atoms with Crippen LogP contribution in [0.1, 0.15) is 41.4 Å². The van der Waals surface area contributed by atoms with Crippen LogP contribution >= 0.6 is 0 Å². The highest BCUT2D eigenvalue weighted by atomic mass is 16.2. The van der Waals surface area contributed by atoms with Crippen molar-refractivity contribution < 1.29 is 9.59 Å². The highest BCUT2D eigenvalue weighted by Gasteiger charge is 2.30. The summed E-state index contributed by atoms with van der Waals surface area (Å²) in [7, 11) is 1.74. The van der Waals surface area contributed by atoms with Crippen molar-refractivity contribution in [2.24, 2.45) is 0 Å². The van der Waals surface area contributed by atoms with Crippen LogP contribution in [0.15, 0.2) is 6.07 Å². The molecule has 2 amide bonds.